The number of aryl methyl sites for hydroxylation is 2. The van der Waals surface area contributed by atoms with Crippen LogP contribution in [0.2, 0.25) is 0 Å². The molecule has 0 saturated carbocycles. The predicted octanol–water partition coefficient (Wildman–Crippen LogP) is 5.80. The first-order chi connectivity index (χ1) is 17.8. The normalized spacial score (nSPS) is 11.7. The second-order valence-corrected chi connectivity index (χ2v) is 8.98. The van der Waals surface area contributed by atoms with E-state index in [1.54, 1.807) is 0 Å². The van der Waals surface area contributed by atoms with Gasteiger partial charge in [0.2, 0.25) is 11.9 Å². The molecule has 4 N–H and O–H groups in total. The highest BCUT2D eigenvalue weighted by Crippen LogP contribution is 2.17. The molecule has 0 spiro atoms. The number of anilines is 3. The van der Waals surface area contributed by atoms with Crippen LogP contribution in [0.3, 0.4) is 0 Å². The molecule has 11 heteroatoms. The number of carbonyl (C=O) groups is 2. The van der Waals surface area contributed by atoms with Crippen LogP contribution < -0.4 is 16.0 Å². The van der Waals surface area contributed by atoms with Crippen molar-refractivity contribution < 1.29 is 27.9 Å². The van der Waals surface area contributed by atoms with Gasteiger partial charge in [-0.1, -0.05) is 56.3 Å². The molecule has 1 heterocycles. The Bertz CT molecular complexity index is 1200. The van der Waals surface area contributed by atoms with Crippen LogP contribution >= 0.6 is 0 Å². The standard InChI is InChI=1S/C25H31N5O.C2HF3O2/c1-17(2)14-22(24(31)28-21-12-6-5-7-13-21)29-23-15-19(4)27-25(30-23)26-16-20-11-9-8-10-18(20)3;3-2(4,5)1(6)7/h5-13,15,17,22H,14,16H2,1-4H3,(H,28,31)(H2,26,27,29,30);(H,6,7)/t22-;/m0./s1. The van der Waals surface area contributed by atoms with E-state index >= 15 is 0 Å². The highest BCUT2D eigenvalue weighted by atomic mass is 19.4. The van der Waals surface area contributed by atoms with Crippen molar-refractivity contribution in [1.82, 2.24) is 9.97 Å². The van der Waals surface area contributed by atoms with Gasteiger partial charge in [-0.3, -0.25) is 4.79 Å². The van der Waals surface area contributed by atoms with Crippen LogP contribution in [0, 0.1) is 19.8 Å². The number of amides is 1. The van der Waals surface area contributed by atoms with Gasteiger partial charge >= 0.3 is 12.1 Å². The SMILES string of the molecule is Cc1cc(N[C@@H](CC(C)C)C(=O)Nc2ccccc2)nc(NCc2ccccc2C)n1.O=C(O)C(F)(F)F. The summed E-state index contributed by atoms with van der Waals surface area (Å²) >= 11 is 0. The molecule has 0 aliphatic carbocycles. The van der Waals surface area contributed by atoms with Gasteiger partial charge in [-0.2, -0.15) is 18.2 Å². The fraction of sp³-hybridized carbons (Fsp3) is 0.333. The molecule has 8 nitrogen and oxygen atoms in total. The second kappa shape index (κ2) is 14.0. The minimum Gasteiger partial charge on any atom is -0.475 e. The number of carboxylic acids is 1. The molecule has 0 aliphatic heterocycles. The van der Waals surface area contributed by atoms with Gasteiger partial charge in [0.05, 0.1) is 0 Å². The van der Waals surface area contributed by atoms with E-state index in [9.17, 15) is 18.0 Å². The molecule has 1 amide bonds. The molecule has 0 aliphatic rings. The number of hydrogen-bond acceptors (Lipinski definition) is 6. The van der Waals surface area contributed by atoms with Crippen LogP contribution in [-0.2, 0) is 16.1 Å². The van der Waals surface area contributed by atoms with Crippen LogP contribution in [0.5, 0.6) is 0 Å². The van der Waals surface area contributed by atoms with Gasteiger partial charge in [-0.25, -0.2) is 9.78 Å². The van der Waals surface area contributed by atoms with Crippen molar-refractivity contribution in [3.05, 3.63) is 77.5 Å². The zero-order chi connectivity index (χ0) is 28.3. The zero-order valence-electron chi connectivity index (χ0n) is 21.6. The van der Waals surface area contributed by atoms with E-state index in [4.69, 9.17) is 9.90 Å². The second-order valence-electron chi connectivity index (χ2n) is 8.98. The van der Waals surface area contributed by atoms with E-state index in [-0.39, 0.29) is 5.91 Å². The van der Waals surface area contributed by atoms with Crippen LogP contribution in [0.1, 0.15) is 37.1 Å². The molecular formula is C27H32F3N5O3. The number of hydrogen-bond donors (Lipinski definition) is 4. The molecule has 1 aromatic heterocycles. The molecule has 1 atom stereocenters. The van der Waals surface area contributed by atoms with Crippen molar-refractivity contribution in [2.75, 3.05) is 16.0 Å². The molecule has 38 heavy (non-hydrogen) atoms. The highest BCUT2D eigenvalue weighted by Gasteiger charge is 2.38. The molecule has 0 bridgehead atoms. The number of carboxylic acid groups (broad SMARTS) is 1. The number of benzene rings is 2. The lowest BCUT2D eigenvalue weighted by molar-refractivity contribution is -0.192. The number of aliphatic carboxylic acids is 1. The van der Waals surface area contributed by atoms with Crippen LogP contribution in [0.4, 0.5) is 30.6 Å². The summed E-state index contributed by atoms with van der Waals surface area (Å²) in [6, 6.07) is 19.2. The summed E-state index contributed by atoms with van der Waals surface area (Å²) in [7, 11) is 0. The van der Waals surface area contributed by atoms with Gasteiger partial charge in [-0.05, 0) is 49.4 Å². The molecule has 2 aromatic carbocycles. The molecule has 3 rings (SSSR count). The Labute approximate surface area is 219 Å². The lowest BCUT2D eigenvalue weighted by Gasteiger charge is -2.21. The Hall–Kier alpha value is -4.15. The largest absolute Gasteiger partial charge is 0.490 e. The van der Waals surface area contributed by atoms with Crippen molar-refractivity contribution in [3.8, 4) is 0 Å². The third-order valence-electron chi connectivity index (χ3n) is 5.18. The maximum atomic E-state index is 12.9. The first-order valence-electron chi connectivity index (χ1n) is 11.9. The van der Waals surface area contributed by atoms with E-state index in [2.05, 4.69) is 58.8 Å². The summed E-state index contributed by atoms with van der Waals surface area (Å²) in [5, 5.41) is 16.7. The summed E-state index contributed by atoms with van der Waals surface area (Å²) in [6.07, 6.45) is -4.40. The summed E-state index contributed by atoms with van der Waals surface area (Å²) in [5.74, 6) is -1.31. The van der Waals surface area contributed by atoms with Crippen molar-refractivity contribution in [2.45, 2.75) is 52.9 Å². The quantitative estimate of drug-likeness (QED) is 0.276. The van der Waals surface area contributed by atoms with Crippen molar-refractivity contribution in [1.29, 1.82) is 0 Å². The Morgan fingerprint density at radius 1 is 0.974 bits per heavy atom. The number of alkyl halides is 3. The topological polar surface area (TPSA) is 116 Å². The molecular weight excluding hydrogens is 499 g/mol. The maximum absolute atomic E-state index is 12.9. The molecule has 3 aromatic rings. The van der Waals surface area contributed by atoms with E-state index in [0.717, 1.165) is 11.4 Å². The summed E-state index contributed by atoms with van der Waals surface area (Å²) in [5.41, 5.74) is 4.02. The Morgan fingerprint density at radius 2 is 1.58 bits per heavy atom. The molecule has 204 valence electrons. The molecule has 0 fully saturated rings. The maximum Gasteiger partial charge on any atom is 0.490 e. The number of para-hydroxylation sites is 1. The van der Waals surface area contributed by atoms with Crippen LogP contribution in [-0.4, -0.2) is 39.2 Å². The summed E-state index contributed by atoms with van der Waals surface area (Å²) < 4.78 is 31.7. The first kappa shape index (κ1) is 30.1. The number of rotatable bonds is 9. The van der Waals surface area contributed by atoms with Gasteiger partial charge in [0.1, 0.15) is 11.9 Å². The molecule has 0 radical (unpaired) electrons. The lowest BCUT2D eigenvalue weighted by atomic mass is 10.0. The summed E-state index contributed by atoms with van der Waals surface area (Å²) in [6.45, 7) is 8.85. The van der Waals surface area contributed by atoms with Crippen molar-refractivity contribution >= 4 is 29.3 Å². The average Bonchev–Trinajstić information content (AvgIpc) is 2.83. The average molecular weight is 532 g/mol. The van der Waals surface area contributed by atoms with Crippen molar-refractivity contribution in [2.24, 2.45) is 5.92 Å². The van der Waals surface area contributed by atoms with Gasteiger partial charge in [0, 0.05) is 24.0 Å². The highest BCUT2D eigenvalue weighted by molar-refractivity contribution is 5.96. The monoisotopic (exact) mass is 531 g/mol. The minimum absolute atomic E-state index is 0.0782. The van der Waals surface area contributed by atoms with E-state index in [0.29, 0.717) is 30.6 Å². The number of nitrogens with zero attached hydrogens (tertiary/aromatic N) is 2. The van der Waals surface area contributed by atoms with Crippen LogP contribution in [0.15, 0.2) is 60.7 Å². The Kier molecular flexibility index (Phi) is 11.1. The lowest BCUT2D eigenvalue weighted by Crippen LogP contribution is -2.36. The Balaban J connectivity index is 0.000000638. The number of halogens is 3. The third-order valence-corrected chi connectivity index (χ3v) is 5.18. The minimum atomic E-state index is -5.08. The Morgan fingerprint density at radius 3 is 2.16 bits per heavy atom. The summed E-state index contributed by atoms with van der Waals surface area (Å²) in [4.78, 5) is 30.9. The van der Waals surface area contributed by atoms with Gasteiger partial charge in [0.15, 0.2) is 0 Å². The fourth-order valence-corrected chi connectivity index (χ4v) is 3.34. The third kappa shape index (κ3) is 10.5. The van der Waals surface area contributed by atoms with E-state index < -0.39 is 18.2 Å². The van der Waals surface area contributed by atoms with Gasteiger partial charge in [-0.15, -0.1) is 0 Å². The number of aromatic nitrogens is 2. The fourth-order valence-electron chi connectivity index (χ4n) is 3.34. The van der Waals surface area contributed by atoms with E-state index in [1.807, 2.05) is 55.5 Å². The first-order valence-corrected chi connectivity index (χ1v) is 11.9. The number of carbonyl (C=O) groups excluding carboxylic acids is 1. The number of nitrogens with one attached hydrogen (secondary N) is 3. The van der Waals surface area contributed by atoms with E-state index in [1.165, 1.54) is 11.1 Å². The van der Waals surface area contributed by atoms with Gasteiger partial charge < -0.3 is 21.1 Å². The van der Waals surface area contributed by atoms with Crippen molar-refractivity contribution in [3.63, 3.8) is 0 Å². The smallest absolute Gasteiger partial charge is 0.475 e. The zero-order valence-corrected chi connectivity index (χ0v) is 21.6. The predicted molar refractivity (Wildman–Crippen MR) is 141 cm³/mol. The van der Waals surface area contributed by atoms with Crippen LogP contribution in [0.25, 0.3) is 0 Å². The molecule has 0 unspecified atom stereocenters. The van der Waals surface area contributed by atoms with Gasteiger partial charge in [0.25, 0.3) is 0 Å². The molecule has 0 saturated heterocycles.